The third kappa shape index (κ3) is 3.20. The van der Waals surface area contributed by atoms with Gasteiger partial charge in [0.2, 0.25) is 0 Å². The van der Waals surface area contributed by atoms with Gasteiger partial charge in [0.15, 0.2) is 0 Å². The molecule has 0 heterocycles. The van der Waals surface area contributed by atoms with E-state index in [9.17, 15) is 4.79 Å². The van der Waals surface area contributed by atoms with Crippen molar-refractivity contribution in [3.63, 3.8) is 0 Å². The summed E-state index contributed by atoms with van der Waals surface area (Å²) in [6.07, 6.45) is 0. The lowest BCUT2D eigenvalue weighted by molar-refractivity contribution is 0.0959. The van der Waals surface area contributed by atoms with Gasteiger partial charge in [-0.25, -0.2) is 0 Å². The summed E-state index contributed by atoms with van der Waals surface area (Å²) in [5.74, 6) is 2.53. The molecule has 0 spiro atoms. The lowest BCUT2D eigenvalue weighted by atomic mass is 10.2. The van der Waals surface area contributed by atoms with E-state index < -0.39 is 0 Å². The molecule has 0 aliphatic heterocycles. The molecular formula is C10H7ClINO. The van der Waals surface area contributed by atoms with Crippen molar-refractivity contribution in [1.82, 2.24) is 5.32 Å². The Morgan fingerprint density at radius 2 is 2.21 bits per heavy atom. The molecule has 0 unspecified atom stereocenters. The molecule has 0 fully saturated rings. The summed E-state index contributed by atoms with van der Waals surface area (Å²) < 4.78 is 2.66. The number of carbonyl (C=O) groups is 1. The molecule has 0 radical (unpaired) electrons. The highest BCUT2D eigenvalue weighted by Gasteiger charge is 2.07. The van der Waals surface area contributed by atoms with Crippen LogP contribution in [0.4, 0.5) is 0 Å². The Kier molecular flexibility index (Phi) is 4.77. The summed E-state index contributed by atoms with van der Waals surface area (Å²) in [5, 5.41) is 3.09. The first kappa shape index (κ1) is 11.3. The number of carbonyl (C=O) groups excluding carboxylic acids is 1. The van der Waals surface area contributed by atoms with Crippen LogP contribution in [-0.4, -0.2) is 12.5 Å². The Bertz CT molecular complexity index is 395. The Morgan fingerprint density at radius 1 is 1.50 bits per heavy atom. The molecular weight excluding hydrogens is 312 g/mol. The van der Waals surface area contributed by atoms with Gasteiger partial charge in [0, 0.05) is 22.6 Å². The topological polar surface area (TPSA) is 29.1 Å². The quantitative estimate of drug-likeness (QED) is 0.658. The SMILES string of the molecule is O=C(NCC#CI)c1ccccc1Cl. The minimum absolute atomic E-state index is 0.199. The van der Waals surface area contributed by atoms with Crippen LogP contribution in [-0.2, 0) is 0 Å². The van der Waals surface area contributed by atoms with Gasteiger partial charge in [0.25, 0.3) is 5.91 Å². The van der Waals surface area contributed by atoms with Crippen molar-refractivity contribution >= 4 is 40.1 Å². The highest BCUT2D eigenvalue weighted by Crippen LogP contribution is 2.14. The van der Waals surface area contributed by atoms with Crippen LogP contribution in [0.2, 0.25) is 5.02 Å². The molecule has 0 saturated heterocycles. The molecule has 72 valence electrons. The van der Waals surface area contributed by atoms with Crippen LogP contribution in [0.3, 0.4) is 0 Å². The molecule has 0 atom stereocenters. The maximum atomic E-state index is 11.5. The minimum atomic E-state index is -0.199. The lowest BCUT2D eigenvalue weighted by Crippen LogP contribution is -2.23. The summed E-state index contributed by atoms with van der Waals surface area (Å²) in [7, 11) is 0. The number of nitrogens with one attached hydrogen (secondary N) is 1. The molecule has 1 rings (SSSR count). The molecule has 0 aliphatic rings. The lowest BCUT2D eigenvalue weighted by Gasteiger charge is -2.02. The summed E-state index contributed by atoms with van der Waals surface area (Å²) in [4.78, 5) is 11.5. The number of halogens is 2. The second-order valence-electron chi connectivity index (χ2n) is 2.43. The minimum Gasteiger partial charge on any atom is -0.341 e. The third-order valence-electron chi connectivity index (χ3n) is 1.52. The molecule has 1 aromatic carbocycles. The van der Waals surface area contributed by atoms with Gasteiger partial charge in [-0.1, -0.05) is 29.7 Å². The highest BCUT2D eigenvalue weighted by atomic mass is 127. The Labute approximate surface area is 101 Å². The van der Waals surface area contributed by atoms with Crippen LogP contribution < -0.4 is 5.32 Å². The maximum Gasteiger partial charge on any atom is 0.253 e. The van der Waals surface area contributed by atoms with E-state index in [1.807, 2.05) is 22.6 Å². The van der Waals surface area contributed by atoms with Gasteiger partial charge in [-0.2, -0.15) is 0 Å². The van der Waals surface area contributed by atoms with Crippen LogP contribution in [0.15, 0.2) is 24.3 Å². The largest absolute Gasteiger partial charge is 0.341 e. The second-order valence-corrected chi connectivity index (χ2v) is 3.38. The van der Waals surface area contributed by atoms with Gasteiger partial charge < -0.3 is 5.32 Å². The van der Waals surface area contributed by atoms with Crippen LogP contribution >= 0.6 is 34.2 Å². The van der Waals surface area contributed by atoms with Crippen LogP contribution in [0.5, 0.6) is 0 Å². The average molecular weight is 320 g/mol. The molecule has 0 aliphatic carbocycles. The molecule has 1 aromatic rings. The normalized spacial score (nSPS) is 8.71. The molecule has 1 amide bonds. The standard InChI is InChI=1S/C10H7ClINO/c11-9-5-2-1-4-8(9)10(14)13-7-3-6-12/h1-2,4-5H,7H2,(H,13,14). The Balaban J connectivity index is 2.68. The fourth-order valence-corrected chi connectivity index (χ4v) is 1.31. The summed E-state index contributed by atoms with van der Waals surface area (Å²) in [6.45, 7) is 0.340. The van der Waals surface area contributed by atoms with Crippen molar-refractivity contribution in [1.29, 1.82) is 0 Å². The van der Waals surface area contributed by atoms with E-state index in [1.165, 1.54) is 0 Å². The van der Waals surface area contributed by atoms with E-state index in [-0.39, 0.29) is 5.91 Å². The van der Waals surface area contributed by atoms with Crippen molar-refractivity contribution in [2.45, 2.75) is 0 Å². The zero-order chi connectivity index (χ0) is 10.4. The Morgan fingerprint density at radius 3 is 2.86 bits per heavy atom. The molecule has 0 bridgehead atoms. The predicted molar refractivity (Wildman–Crippen MR) is 65.6 cm³/mol. The van der Waals surface area contributed by atoms with Crippen molar-refractivity contribution in [2.75, 3.05) is 6.54 Å². The maximum absolute atomic E-state index is 11.5. The molecule has 4 heteroatoms. The Hall–Kier alpha value is -0.730. The van der Waals surface area contributed by atoms with Crippen LogP contribution in [0.1, 0.15) is 10.4 Å². The summed E-state index contributed by atoms with van der Waals surface area (Å²) >= 11 is 7.75. The van der Waals surface area contributed by atoms with E-state index in [0.717, 1.165) is 0 Å². The van der Waals surface area contributed by atoms with Crippen molar-refractivity contribution in [3.05, 3.63) is 34.9 Å². The first-order valence-electron chi connectivity index (χ1n) is 3.87. The number of benzene rings is 1. The van der Waals surface area contributed by atoms with Crippen molar-refractivity contribution < 1.29 is 4.79 Å². The second kappa shape index (κ2) is 5.89. The number of hydrogen-bond acceptors (Lipinski definition) is 1. The summed E-state index contributed by atoms with van der Waals surface area (Å²) in [5.41, 5.74) is 0.476. The van der Waals surface area contributed by atoms with E-state index >= 15 is 0 Å². The van der Waals surface area contributed by atoms with Crippen LogP contribution in [0, 0.1) is 9.85 Å². The first-order chi connectivity index (χ1) is 6.75. The fourth-order valence-electron chi connectivity index (χ4n) is 0.898. The zero-order valence-corrected chi connectivity index (χ0v) is 10.1. The van der Waals surface area contributed by atoms with Crippen LogP contribution in [0.25, 0.3) is 0 Å². The number of rotatable bonds is 2. The molecule has 1 N–H and O–H groups in total. The fraction of sp³-hybridized carbons (Fsp3) is 0.100. The van der Waals surface area contributed by atoms with E-state index in [0.29, 0.717) is 17.1 Å². The van der Waals surface area contributed by atoms with Crippen molar-refractivity contribution in [3.8, 4) is 9.85 Å². The van der Waals surface area contributed by atoms with Gasteiger partial charge >= 0.3 is 0 Å². The molecule has 0 aromatic heterocycles. The van der Waals surface area contributed by atoms with Gasteiger partial charge in [-0.3, -0.25) is 4.79 Å². The van der Waals surface area contributed by atoms with Crippen molar-refractivity contribution in [2.24, 2.45) is 0 Å². The molecule has 2 nitrogen and oxygen atoms in total. The third-order valence-corrected chi connectivity index (χ3v) is 2.23. The number of amides is 1. The van der Waals surface area contributed by atoms with E-state index in [1.54, 1.807) is 24.3 Å². The average Bonchev–Trinajstić information content (AvgIpc) is 2.18. The first-order valence-corrected chi connectivity index (χ1v) is 5.32. The van der Waals surface area contributed by atoms with Gasteiger partial charge in [-0.05, 0) is 16.1 Å². The zero-order valence-electron chi connectivity index (χ0n) is 7.18. The monoisotopic (exact) mass is 319 g/mol. The summed E-state index contributed by atoms with van der Waals surface area (Å²) in [6, 6.07) is 6.91. The number of hydrogen-bond donors (Lipinski definition) is 1. The van der Waals surface area contributed by atoms with E-state index in [4.69, 9.17) is 11.6 Å². The van der Waals surface area contributed by atoms with Gasteiger partial charge in [0.05, 0.1) is 17.1 Å². The molecule has 0 saturated carbocycles. The van der Waals surface area contributed by atoms with Gasteiger partial charge in [0.1, 0.15) is 0 Å². The van der Waals surface area contributed by atoms with E-state index in [2.05, 4.69) is 15.2 Å². The highest BCUT2D eigenvalue weighted by molar-refractivity contribution is 14.1. The predicted octanol–water partition coefficient (Wildman–Crippen LogP) is 2.47. The van der Waals surface area contributed by atoms with Gasteiger partial charge in [-0.15, -0.1) is 0 Å². The molecule has 14 heavy (non-hydrogen) atoms. The smallest absolute Gasteiger partial charge is 0.253 e.